The Bertz CT molecular complexity index is 386. The Labute approximate surface area is 114 Å². The van der Waals surface area contributed by atoms with Gasteiger partial charge in [0.25, 0.3) is 0 Å². The highest BCUT2D eigenvalue weighted by Crippen LogP contribution is 2.24. The lowest BCUT2D eigenvalue weighted by Crippen LogP contribution is -2.46. The van der Waals surface area contributed by atoms with Crippen LogP contribution >= 0.6 is 11.8 Å². The molecular formula is C14H22N2OS. The van der Waals surface area contributed by atoms with Crippen molar-refractivity contribution >= 4 is 17.4 Å². The molecule has 2 atom stereocenters. The third-order valence-electron chi connectivity index (χ3n) is 3.57. The summed E-state index contributed by atoms with van der Waals surface area (Å²) in [4.78, 5) is 2.50. The number of anilines is 1. The molecule has 0 amide bonds. The maximum absolute atomic E-state index is 5.85. The van der Waals surface area contributed by atoms with Crippen LogP contribution in [0.1, 0.15) is 13.8 Å². The Hall–Kier alpha value is -0.870. The third kappa shape index (κ3) is 3.33. The number of benzene rings is 1. The average molecular weight is 266 g/mol. The molecule has 1 saturated heterocycles. The lowest BCUT2D eigenvalue weighted by Gasteiger charge is -2.37. The molecule has 18 heavy (non-hydrogen) atoms. The normalized spacial score (nSPS) is 25.0. The molecule has 2 rings (SSSR count). The van der Waals surface area contributed by atoms with Gasteiger partial charge in [-0.15, -0.1) is 0 Å². The molecule has 1 aliphatic rings. The largest absolute Gasteiger partial charge is 0.490 e. The van der Waals surface area contributed by atoms with E-state index in [0.29, 0.717) is 23.6 Å². The second-order valence-electron chi connectivity index (χ2n) is 4.74. The fourth-order valence-electron chi connectivity index (χ4n) is 2.20. The van der Waals surface area contributed by atoms with Gasteiger partial charge in [0.05, 0.1) is 5.69 Å². The Kier molecular flexibility index (Phi) is 4.78. The van der Waals surface area contributed by atoms with Crippen LogP contribution in [0.5, 0.6) is 5.75 Å². The van der Waals surface area contributed by atoms with E-state index in [9.17, 15) is 0 Å². The molecule has 1 aliphatic heterocycles. The maximum atomic E-state index is 5.85. The Morgan fingerprint density at radius 3 is 2.94 bits per heavy atom. The highest BCUT2D eigenvalue weighted by Gasteiger charge is 2.24. The van der Waals surface area contributed by atoms with Crippen molar-refractivity contribution in [1.82, 2.24) is 4.90 Å². The molecule has 0 aliphatic carbocycles. The van der Waals surface area contributed by atoms with Crippen LogP contribution in [-0.4, -0.2) is 41.6 Å². The number of thioether (sulfide) groups is 1. The van der Waals surface area contributed by atoms with Crippen molar-refractivity contribution in [3.63, 3.8) is 0 Å². The minimum absolute atomic E-state index is 0.625. The standard InChI is InChI=1S/C14H22N2OS/c1-11-12(2)18-10-8-16(11)7-9-17-14-6-4-3-5-13(14)15/h3-6,11-12H,7-10,15H2,1-2H3. The van der Waals surface area contributed by atoms with Crippen molar-refractivity contribution in [2.75, 3.05) is 31.2 Å². The van der Waals surface area contributed by atoms with Gasteiger partial charge in [-0.05, 0) is 19.1 Å². The molecule has 1 aromatic rings. The number of nitrogen functional groups attached to an aromatic ring is 1. The third-order valence-corrected chi connectivity index (χ3v) is 4.91. The highest BCUT2D eigenvalue weighted by atomic mass is 32.2. The van der Waals surface area contributed by atoms with Gasteiger partial charge in [-0.3, -0.25) is 4.90 Å². The van der Waals surface area contributed by atoms with Gasteiger partial charge >= 0.3 is 0 Å². The number of hydrogen-bond acceptors (Lipinski definition) is 4. The van der Waals surface area contributed by atoms with Crippen molar-refractivity contribution in [2.24, 2.45) is 0 Å². The van der Waals surface area contributed by atoms with E-state index in [4.69, 9.17) is 10.5 Å². The van der Waals surface area contributed by atoms with E-state index in [0.717, 1.165) is 18.8 Å². The number of ether oxygens (including phenoxy) is 1. The van der Waals surface area contributed by atoms with Crippen molar-refractivity contribution < 1.29 is 4.74 Å². The summed E-state index contributed by atoms with van der Waals surface area (Å²) in [5.74, 6) is 2.02. The van der Waals surface area contributed by atoms with E-state index < -0.39 is 0 Å². The van der Waals surface area contributed by atoms with Gasteiger partial charge in [0.2, 0.25) is 0 Å². The van der Waals surface area contributed by atoms with Crippen molar-refractivity contribution in [1.29, 1.82) is 0 Å². The highest BCUT2D eigenvalue weighted by molar-refractivity contribution is 8.00. The molecule has 3 nitrogen and oxygen atoms in total. The van der Waals surface area contributed by atoms with Crippen LogP contribution in [0.4, 0.5) is 5.69 Å². The lowest BCUT2D eigenvalue weighted by atomic mass is 10.2. The SMILES string of the molecule is CC1SCCN(CCOc2ccccc2N)C1C. The fourth-order valence-corrected chi connectivity index (χ4v) is 3.36. The molecule has 100 valence electrons. The molecule has 2 N–H and O–H groups in total. The van der Waals surface area contributed by atoms with E-state index in [1.165, 1.54) is 5.75 Å². The molecule has 1 fully saturated rings. The number of para-hydroxylation sites is 2. The van der Waals surface area contributed by atoms with Crippen LogP contribution in [0.15, 0.2) is 24.3 Å². The Morgan fingerprint density at radius 2 is 2.17 bits per heavy atom. The summed E-state index contributed by atoms with van der Waals surface area (Å²) in [6.45, 7) is 7.44. The first kappa shape index (κ1) is 13.6. The molecule has 4 heteroatoms. The van der Waals surface area contributed by atoms with Gasteiger partial charge in [0.15, 0.2) is 0 Å². The van der Waals surface area contributed by atoms with Crippen LogP contribution in [-0.2, 0) is 0 Å². The van der Waals surface area contributed by atoms with Crippen molar-refractivity contribution in [3.8, 4) is 5.75 Å². The summed E-state index contributed by atoms with van der Waals surface area (Å²) in [6.07, 6.45) is 0. The molecular weight excluding hydrogens is 244 g/mol. The smallest absolute Gasteiger partial charge is 0.142 e. The second-order valence-corrected chi connectivity index (χ2v) is 6.22. The summed E-state index contributed by atoms with van der Waals surface area (Å²) >= 11 is 2.06. The van der Waals surface area contributed by atoms with Gasteiger partial charge in [-0.1, -0.05) is 19.1 Å². The average Bonchev–Trinajstić information content (AvgIpc) is 2.37. The van der Waals surface area contributed by atoms with Crippen LogP contribution in [0, 0.1) is 0 Å². The van der Waals surface area contributed by atoms with Gasteiger partial charge in [-0.2, -0.15) is 11.8 Å². The molecule has 0 spiro atoms. The lowest BCUT2D eigenvalue weighted by molar-refractivity contribution is 0.171. The van der Waals surface area contributed by atoms with Crippen LogP contribution in [0.2, 0.25) is 0 Å². The minimum Gasteiger partial charge on any atom is -0.490 e. The monoisotopic (exact) mass is 266 g/mol. The number of rotatable bonds is 4. The Balaban J connectivity index is 1.80. The molecule has 2 unspecified atom stereocenters. The van der Waals surface area contributed by atoms with E-state index in [1.807, 2.05) is 24.3 Å². The van der Waals surface area contributed by atoms with Crippen molar-refractivity contribution in [3.05, 3.63) is 24.3 Å². The summed E-state index contributed by atoms with van der Waals surface area (Å²) < 4.78 is 5.75. The molecule has 0 aromatic heterocycles. The van der Waals surface area contributed by atoms with E-state index in [2.05, 4.69) is 30.5 Å². The summed E-state index contributed by atoms with van der Waals surface area (Å²) in [5, 5.41) is 0.709. The van der Waals surface area contributed by atoms with Crippen LogP contribution in [0.3, 0.4) is 0 Å². The molecule has 0 radical (unpaired) electrons. The minimum atomic E-state index is 0.625. The zero-order valence-corrected chi connectivity index (χ0v) is 12.0. The van der Waals surface area contributed by atoms with Gasteiger partial charge in [-0.25, -0.2) is 0 Å². The van der Waals surface area contributed by atoms with Crippen LogP contribution in [0.25, 0.3) is 0 Å². The van der Waals surface area contributed by atoms with Crippen molar-refractivity contribution in [2.45, 2.75) is 25.1 Å². The van der Waals surface area contributed by atoms with Crippen LogP contribution < -0.4 is 10.5 Å². The summed E-state index contributed by atoms with van der Waals surface area (Å²) in [6, 6.07) is 8.30. The predicted molar refractivity (Wildman–Crippen MR) is 79.3 cm³/mol. The second kappa shape index (κ2) is 6.34. The van der Waals surface area contributed by atoms with Gasteiger partial charge < -0.3 is 10.5 Å². The number of nitrogens with two attached hydrogens (primary N) is 1. The fraction of sp³-hybridized carbons (Fsp3) is 0.571. The molecule has 1 aromatic carbocycles. The van der Waals surface area contributed by atoms with Gasteiger partial charge in [0, 0.05) is 30.1 Å². The predicted octanol–water partition coefficient (Wildman–Crippen LogP) is 2.47. The molecule has 1 heterocycles. The van der Waals surface area contributed by atoms with Gasteiger partial charge in [0.1, 0.15) is 12.4 Å². The summed E-state index contributed by atoms with van der Waals surface area (Å²) in [7, 11) is 0. The first-order valence-electron chi connectivity index (χ1n) is 6.51. The number of nitrogens with zero attached hydrogens (tertiary/aromatic N) is 1. The van der Waals surface area contributed by atoms with E-state index >= 15 is 0 Å². The summed E-state index contributed by atoms with van der Waals surface area (Å²) in [5.41, 5.74) is 6.56. The number of hydrogen-bond donors (Lipinski definition) is 1. The van der Waals surface area contributed by atoms with E-state index in [-0.39, 0.29) is 0 Å². The first-order chi connectivity index (χ1) is 8.68. The zero-order valence-electron chi connectivity index (χ0n) is 11.1. The molecule has 0 saturated carbocycles. The zero-order chi connectivity index (χ0) is 13.0. The molecule has 0 bridgehead atoms. The quantitative estimate of drug-likeness (QED) is 0.850. The first-order valence-corrected chi connectivity index (χ1v) is 7.56. The maximum Gasteiger partial charge on any atom is 0.142 e. The Morgan fingerprint density at radius 1 is 1.39 bits per heavy atom. The van der Waals surface area contributed by atoms with E-state index in [1.54, 1.807) is 0 Å². The topological polar surface area (TPSA) is 38.5 Å².